The number of alkyl carbamates (subject to hydrolysis) is 1. The second-order valence-corrected chi connectivity index (χ2v) is 8.54. The topological polar surface area (TPSA) is 125 Å². The van der Waals surface area contributed by atoms with Crippen molar-refractivity contribution in [3.8, 4) is 11.1 Å². The summed E-state index contributed by atoms with van der Waals surface area (Å²) < 4.78 is 5.40. The predicted octanol–water partition coefficient (Wildman–Crippen LogP) is 3.20. The molecule has 1 aliphatic carbocycles. The summed E-state index contributed by atoms with van der Waals surface area (Å²) in [5.41, 5.74) is 5.37. The minimum Gasteiger partial charge on any atom is -0.480 e. The van der Waals surface area contributed by atoms with Gasteiger partial charge in [0.15, 0.2) is 0 Å². The van der Waals surface area contributed by atoms with Gasteiger partial charge in [0.25, 0.3) is 0 Å². The van der Waals surface area contributed by atoms with E-state index in [1.54, 1.807) is 6.08 Å². The van der Waals surface area contributed by atoms with Gasteiger partial charge >= 0.3 is 12.1 Å². The van der Waals surface area contributed by atoms with Gasteiger partial charge in [-0.1, -0.05) is 60.2 Å². The first-order valence-corrected chi connectivity index (χ1v) is 11.2. The number of carbonyl (C=O) groups is 3. The summed E-state index contributed by atoms with van der Waals surface area (Å²) in [6, 6.07) is 14.9. The van der Waals surface area contributed by atoms with Crippen molar-refractivity contribution < 1.29 is 29.3 Å². The van der Waals surface area contributed by atoms with E-state index >= 15 is 0 Å². The molecule has 0 aliphatic heterocycles. The van der Waals surface area contributed by atoms with E-state index in [-0.39, 0.29) is 31.9 Å². The Hall–Kier alpha value is -3.65. The molecule has 2 unspecified atom stereocenters. The Bertz CT molecular complexity index is 1030. The van der Waals surface area contributed by atoms with Crippen molar-refractivity contribution in [1.29, 1.82) is 0 Å². The van der Waals surface area contributed by atoms with Crippen molar-refractivity contribution in [3.05, 3.63) is 71.3 Å². The minimum absolute atomic E-state index is 0.0809. The standard InChI is InChI=1S/C26H30N2O6/c1-16(2)11-12-23(25(31)32)28-24(30)13-17(29)14-27-26(33)34-15-22-20-9-5-3-7-18(20)19-8-4-6-10-21(19)22/h3-11,17,22-23,29H,12-15H2,1-2H3,(H,27,33)(H,28,30)(H,31,32). The average molecular weight is 467 g/mol. The van der Waals surface area contributed by atoms with Gasteiger partial charge in [0.1, 0.15) is 12.6 Å². The molecule has 0 bridgehead atoms. The van der Waals surface area contributed by atoms with Crippen LogP contribution in [0.5, 0.6) is 0 Å². The SMILES string of the molecule is CC(C)=CCC(NC(=O)CC(O)CNC(=O)OCC1c2ccccc2-c2ccccc21)C(=O)O. The van der Waals surface area contributed by atoms with Crippen LogP contribution in [0.25, 0.3) is 11.1 Å². The lowest BCUT2D eigenvalue weighted by molar-refractivity contribution is -0.142. The Balaban J connectivity index is 1.46. The maximum atomic E-state index is 12.2. The monoisotopic (exact) mass is 466 g/mol. The first-order chi connectivity index (χ1) is 16.3. The second kappa shape index (κ2) is 11.5. The summed E-state index contributed by atoms with van der Waals surface area (Å²) in [7, 11) is 0. The Labute approximate surface area is 198 Å². The Morgan fingerprint density at radius 1 is 1.03 bits per heavy atom. The smallest absolute Gasteiger partial charge is 0.407 e. The number of aliphatic hydroxyl groups is 1. The zero-order valence-electron chi connectivity index (χ0n) is 19.3. The molecule has 0 radical (unpaired) electrons. The van der Waals surface area contributed by atoms with Gasteiger partial charge in [-0.25, -0.2) is 9.59 Å². The highest BCUT2D eigenvalue weighted by Gasteiger charge is 2.29. The van der Waals surface area contributed by atoms with Crippen LogP contribution in [-0.4, -0.2) is 53.5 Å². The maximum Gasteiger partial charge on any atom is 0.407 e. The summed E-state index contributed by atoms with van der Waals surface area (Å²) in [5.74, 6) is -1.85. The van der Waals surface area contributed by atoms with E-state index < -0.39 is 30.1 Å². The van der Waals surface area contributed by atoms with Crippen molar-refractivity contribution in [2.24, 2.45) is 0 Å². The fraction of sp³-hybridized carbons (Fsp3) is 0.346. The number of hydrogen-bond donors (Lipinski definition) is 4. The molecule has 0 heterocycles. The lowest BCUT2D eigenvalue weighted by Gasteiger charge is -2.17. The van der Waals surface area contributed by atoms with Crippen molar-refractivity contribution in [2.75, 3.05) is 13.2 Å². The Kier molecular flexibility index (Phi) is 8.43. The molecule has 2 aromatic rings. The molecule has 8 nitrogen and oxygen atoms in total. The Morgan fingerprint density at radius 3 is 2.18 bits per heavy atom. The molecule has 0 saturated carbocycles. The van der Waals surface area contributed by atoms with Crippen LogP contribution < -0.4 is 10.6 Å². The summed E-state index contributed by atoms with van der Waals surface area (Å²) in [5, 5.41) is 24.2. The highest BCUT2D eigenvalue weighted by molar-refractivity contribution is 5.84. The van der Waals surface area contributed by atoms with Crippen LogP contribution in [0.2, 0.25) is 0 Å². The first kappa shape index (κ1) is 25.0. The van der Waals surface area contributed by atoms with E-state index in [4.69, 9.17) is 4.74 Å². The molecule has 180 valence electrons. The molecule has 0 spiro atoms. The molecule has 2 atom stereocenters. The molecule has 0 fully saturated rings. The molecule has 1 aliphatic rings. The number of aliphatic hydroxyl groups excluding tert-OH is 1. The number of amides is 2. The van der Waals surface area contributed by atoms with E-state index in [9.17, 15) is 24.6 Å². The van der Waals surface area contributed by atoms with Gasteiger partial charge in [0.2, 0.25) is 5.91 Å². The molecule has 0 saturated heterocycles. The average Bonchev–Trinajstić information content (AvgIpc) is 3.12. The van der Waals surface area contributed by atoms with Gasteiger partial charge in [-0.15, -0.1) is 0 Å². The van der Waals surface area contributed by atoms with Crippen LogP contribution >= 0.6 is 0 Å². The molecular formula is C26H30N2O6. The van der Waals surface area contributed by atoms with Crippen LogP contribution in [0.3, 0.4) is 0 Å². The third kappa shape index (κ3) is 6.45. The molecule has 2 aromatic carbocycles. The Morgan fingerprint density at radius 2 is 1.62 bits per heavy atom. The van der Waals surface area contributed by atoms with Crippen LogP contribution in [0.15, 0.2) is 60.2 Å². The number of aliphatic carboxylic acids is 1. The number of rotatable bonds is 10. The van der Waals surface area contributed by atoms with Gasteiger partial charge in [0, 0.05) is 12.5 Å². The predicted molar refractivity (Wildman–Crippen MR) is 127 cm³/mol. The van der Waals surface area contributed by atoms with Gasteiger partial charge in [-0.05, 0) is 42.5 Å². The maximum absolute atomic E-state index is 12.2. The van der Waals surface area contributed by atoms with Crippen LogP contribution in [0.4, 0.5) is 4.79 Å². The number of carboxylic acid groups (broad SMARTS) is 1. The molecule has 2 amide bonds. The van der Waals surface area contributed by atoms with Crippen molar-refractivity contribution >= 4 is 18.0 Å². The number of allylic oxidation sites excluding steroid dienone is 1. The van der Waals surface area contributed by atoms with E-state index in [0.29, 0.717) is 0 Å². The fourth-order valence-corrected chi connectivity index (χ4v) is 3.97. The van der Waals surface area contributed by atoms with E-state index in [0.717, 1.165) is 27.8 Å². The first-order valence-electron chi connectivity index (χ1n) is 11.2. The van der Waals surface area contributed by atoms with Crippen LogP contribution in [0, 0.1) is 0 Å². The number of benzene rings is 2. The molecule has 3 rings (SSSR count). The number of carboxylic acids is 1. The number of ether oxygens (including phenoxy) is 1. The molecule has 34 heavy (non-hydrogen) atoms. The molecule has 4 N–H and O–H groups in total. The lowest BCUT2D eigenvalue weighted by Crippen LogP contribution is -2.43. The van der Waals surface area contributed by atoms with Gasteiger partial charge in [0.05, 0.1) is 12.5 Å². The van der Waals surface area contributed by atoms with Gasteiger partial charge in [-0.2, -0.15) is 0 Å². The van der Waals surface area contributed by atoms with Crippen molar-refractivity contribution in [1.82, 2.24) is 10.6 Å². The summed E-state index contributed by atoms with van der Waals surface area (Å²) >= 11 is 0. The number of nitrogens with one attached hydrogen (secondary N) is 2. The highest BCUT2D eigenvalue weighted by Crippen LogP contribution is 2.44. The van der Waals surface area contributed by atoms with E-state index in [1.807, 2.05) is 62.4 Å². The number of carbonyl (C=O) groups excluding carboxylic acids is 2. The summed E-state index contributed by atoms with van der Waals surface area (Å²) in [4.78, 5) is 35.6. The van der Waals surface area contributed by atoms with Gasteiger partial charge in [-0.3, -0.25) is 4.79 Å². The van der Waals surface area contributed by atoms with E-state index in [2.05, 4.69) is 10.6 Å². The summed E-state index contributed by atoms with van der Waals surface area (Å²) in [6.07, 6.45) is -0.361. The lowest BCUT2D eigenvalue weighted by atomic mass is 9.98. The third-order valence-corrected chi connectivity index (χ3v) is 5.64. The summed E-state index contributed by atoms with van der Waals surface area (Å²) in [6.45, 7) is 3.61. The van der Waals surface area contributed by atoms with Crippen LogP contribution in [-0.2, 0) is 14.3 Å². The molecule has 0 aromatic heterocycles. The number of hydrogen-bond acceptors (Lipinski definition) is 5. The zero-order valence-corrected chi connectivity index (χ0v) is 19.3. The van der Waals surface area contributed by atoms with E-state index in [1.165, 1.54) is 0 Å². The third-order valence-electron chi connectivity index (χ3n) is 5.64. The molecular weight excluding hydrogens is 436 g/mol. The molecule has 8 heteroatoms. The second-order valence-electron chi connectivity index (χ2n) is 8.54. The largest absolute Gasteiger partial charge is 0.480 e. The van der Waals surface area contributed by atoms with Crippen molar-refractivity contribution in [3.63, 3.8) is 0 Å². The highest BCUT2D eigenvalue weighted by atomic mass is 16.5. The van der Waals surface area contributed by atoms with Crippen LogP contribution in [0.1, 0.15) is 43.7 Å². The normalized spacial score (nSPS) is 13.7. The zero-order chi connectivity index (χ0) is 24.7. The van der Waals surface area contributed by atoms with Crippen molar-refractivity contribution in [2.45, 2.75) is 44.8 Å². The van der Waals surface area contributed by atoms with Gasteiger partial charge < -0.3 is 25.6 Å². The number of fused-ring (bicyclic) bond motifs is 3. The quantitative estimate of drug-likeness (QED) is 0.399. The fourth-order valence-electron chi connectivity index (χ4n) is 3.97. The minimum atomic E-state index is -1.18.